The van der Waals surface area contributed by atoms with Gasteiger partial charge in [0.15, 0.2) is 0 Å². The lowest BCUT2D eigenvalue weighted by Crippen LogP contribution is -2.29. The molecule has 1 aliphatic heterocycles. The summed E-state index contributed by atoms with van der Waals surface area (Å²) in [7, 11) is 1.86. The van der Waals surface area contributed by atoms with Crippen molar-refractivity contribution in [2.75, 3.05) is 13.1 Å². The molecule has 104 valence electrons. The van der Waals surface area contributed by atoms with E-state index >= 15 is 0 Å². The van der Waals surface area contributed by atoms with E-state index < -0.39 is 0 Å². The largest absolute Gasteiger partial charge is 0.342 e. The SMILES string of the molecule is Cn1cc(CC(=O)N2CCC(c3ccccn3)C2)cn1. The molecule has 0 radical (unpaired) electrons. The van der Waals surface area contributed by atoms with Gasteiger partial charge >= 0.3 is 0 Å². The predicted octanol–water partition coefficient (Wildman–Crippen LogP) is 1.37. The number of nitrogens with zero attached hydrogens (tertiary/aromatic N) is 4. The van der Waals surface area contributed by atoms with Gasteiger partial charge in [-0.25, -0.2) is 0 Å². The van der Waals surface area contributed by atoms with E-state index in [4.69, 9.17) is 0 Å². The molecule has 3 heterocycles. The fraction of sp³-hybridized carbons (Fsp3) is 0.400. The van der Waals surface area contributed by atoms with Crippen LogP contribution in [0.25, 0.3) is 0 Å². The average Bonchev–Trinajstić information content (AvgIpc) is 3.09. The van der Waals surface area contributed by atoms with Crippen LogP contribution in [0.2, 0.25) is 0 Å². The van der Waals surface area contributed by atoms with Crippen LogP contribution in [0.1, 0.15) is 23.6 Å². The minimum Gasteiger partial charge on any atom is -0.342 e. The Morgan fingerprint density at radius 3 is 3.05 bits per heavy atom. The Balaban J connectivity index is 1.61. The maximum absolute atomic E-state index is 12.3. The van der Waals surface area contributed by atoms with Crippen LogP contribution >= 0.6 is 0 Å². The molecule has 1 unspecified atom stereocenters. The van der Waals surface area contributed by atoms with Gasteiger partial charge in [0, 0.05) is 44.1 Å². The summed E-state index contributed by atoms with van der Waals surface area (Å²) in [4.78, 5) is 18.6. The number of carbonyl (C=O) groups is 1. The molecule has 1 aliphatic rings. The van der Waals surface area contributed by atoms with Crippen LogP contribution in [0.15, 0.2) is 36.8 Å². The van der Waals surface area contributed by atoms with E-state index in [0.29, 0.717) is 12.3 Å². The summed E-state index contributed by atoms with van der Waals surface area (Å²) < 4.78 is 1.73. The molecule has 20 heavy (non-hydrogen) atoms. The number of aromatic nitrogens is 3. The van der Waals surface area contributed by atoms with Crippen molar-refractivity contribution < 1.29 is 4.79 Å². The van der Waals surface area contributed by atoms with Gasteiger partial charge in [-0.2, -0.15) is 5.10 Å². The maximum Gasteiger partial charge on any atom is 0.227 e. The van der Waals surface area contributed by atoms with Crippen LogP contribution in [-0.2, 0) is 18.3 Å². The molecule has 1 fully saturated rings. The summed E-state index contributed by atoms with van der Waals surface area (Å²) >= 11 is 0. The third-order valence-corrected chi connectivity index (χ3v) is 3.76. The Morgan fingerprint density at radius 1 is 1.45 bits per heavy atom. The van der Waals surface area contributed by atoms with Crippen molar-refractivity contribution in [3.8, 4) is 0 Å². The van der Waals surface area contributed by atoms with Crippen LogP contribution in [-0.4, -0.2) is 38.7 Å². The molecular weight excluding hydrogens is 252 g/mol. The monoisotopic (exact) mass is 270 g/mol. The molecule has 0 N–H and O–H groups in total. The van der Waals surface area contributed by atoms with Crippen molar-refractivity contribution >= 4 is 5.91 Å². The second kappa shape index (κ2) is 5.45. The van der Waals surface area contributed by atoms with E-state index in [1.54, 1.807) is 10.9 Å². The number of hydrogen-bond acceptors (Lipinski definition) is 3. The summed E-state index contributed by atoms with van der Waals surface area (Å²) in [6.45, 7) is 1.59. The molecule has 1 atom stereocenters. The van der Waals surface area contributed by atoms with E-state index in [1.165, 1.54) is 0 Å². The molecule has 1 saturated heterocycles. The van der Waals surface area contributed by atoms with Crippen LogP contribution in [0, 0.1) is 0 Å². The number of aryl methyl sites for hydroxylation is 1. The zero-order valence-corrected chi connectivity index (χ0v) is 11.6. The van der Waals surface area contributed by atoms with Crippen molar-refractivity contribution in [2.45, 2.75) is 18.8 Å². The first-order valence-electron chi connectivity index (χ1n) is 6.88. The normalized spacial score (nSPS) is 18.4. The zero-order chi connectivity index (χ0) is 13.9. The minimum absolute atomic E-state index is 0.177. The van der Waals surface area contributed by atoms with Crippen LogP contribution in [0.4, 0.5) is 0 Å². The molecule has 0 saturated carbocycles. The second-order valence-corrected chi connectivity index (χ2v) is 5.28. The number of rotatable bonds is 3. The third-order valence-electron chi connectivity index (χ3n) is 3.76. The van der Waals surface area contributed by atoms with Gasteiger partial charge in [0.25, 0.3) is 0 Å². The molecule has 0 aliphatic carbocycles. The zero-order valence-electron chi connectivity index (χ0n) is 11.6. The summed E-state index contributed by atoms with van der Waals surface area (Å²) in [6, 6.07) is 5.96. The maximum atomic E-state index is 12.3. The summed E-state index contributed by atoms with van der Waals surface area (Å²) in [5.74, 6) is 0.547. The Morgan fingerprint density at radius 2 is 2.35 bits per heavy atom. The summed E-state index contributed by atoms with van der Waals surface area (Å²) in [5, 5.41) is 4.09. The highest BCUT2D eigenvalue weighted by Crippen LogP contribution is 2.25. The smallest absolute Gasteiger partial charge is 0.227 e. The number of hydrogen-bond donors (Lipinski definition) is 0. The predicted molar refractivity (Wildman–Crippen MR) is 75.1 cm³/mol. The highest BCUT2D eigenvalue weighted by Gasteiger charge is 2.27. The quantitative estimate of drug-likeness (QED) is 0.846. The summed E-state index contributed by atoms with van der Waals surface area (Å²) in [5.41, 5.74) is 2.06. The average molecular weight is 270 g/mol. The fourth-order valence-corrected chi connectivity index (χ4v) is 2.70. The molecule has 0 bridgehead atoms. The lowest BCUT2D eigenvalue weighted by Gasteiger charge is -2.16. The topological polar surface area (TPSA) is 51.0 Å². The first-order valence-corrected chi connectivity index (χ1v) is 6.88. The van der Waals surface area contributed by atoms with Crippen molar-refractivity contribution in [1.29, 1.82) is 0 Å². The van der Waals surface area contributed by atoms with E-state index in [1.807, 2.05) is 42.5 Å². The number of likely N-dealkylation sites (tertiary alicyclic amines) is 1. The fourth-order valence-electron chi connectivity index (χ4n) is 2.70. The Bertz CT molecular complexity index is 593. The molecule has 1 amide bonds. The third kappa shape index (κ3) is 2.71. The van der Waals surface area contributed by atoms with Crippen LogP contribution < -0.4 is 0 Å². The molecule has 3 rings (SSSR count). The van der Waals surface area contributed by atoms with Gasteiger partial charge in [-0.1, -0.05) is 6.07 Å². The first kappa shape index (κ1) is 12.8. The lowest BCUT2D eigenvalue weighted by atomic mass is 10.0. The first-order chi connectivity index (χ1) is 9.72. The van der Waals surface area contributed by atoms with Gasteiger partial charge in [-0.15, -0.1) is 0 Å². The second-order valence-electron chi connectivity index (χ2n) is 5.28. The van der Waals surface area contributed by atoms with Gasteiger partial charge in [0.2, 0.25) is 5.91 Å². The van der Waals surface area contributed by atoms with Gasteiger partial charge in [0.05, 0.1) is 12.6 Å². The summed E-state index contributed by atoms with van der Waals surface area (Å²) in [6.07, 6.45) is 6.89. The molecule has 0 spiro atoms. The molecule has 2 aromatic rings. The van der Waals surface area contributed by atoms with Gasteiger partial charge in [-0.05, 0) is 24.1 Å². The molecule has 0 aromatic carbocycles. The minimum atomic E-state index is 0.177. The molecular formula is C15H18N4O. The van der Waals surface area contributed by atoms with Crippen molar-refractivity contribution in [3.05, 3.63) is 48.0 Å². The van der Waals surface area contributed by atoms with E-state index in [2.05, 4.69) is 10.1 Å². The van der Waals surface area contributed by atoms with Gasteiger partial charge in [-0.3, -0.25) is 14.5 Å². The van der Waals surface area contributed by atoms with Crippen LogP contribution in [0.3, 0.4) is 0 Å². The number of carbonyl (C=O) groups excluding carboxylic acids is 1. The van der Waals surface area contributed by atoms with Gasteiger partial charge in [0.1, 0.15) is 0 Å². The Hall–Kier alpha value is -2.17. The van der Waals surface area contributed by atoms with Crippen molar-refractivity contribution in [1.82, 2.24) is 19.7 Å². The van der Waals surface area contributed by atoms with E-state index in [0.717, 1.165) is 30.8 Å². The van der Waals surface area contributed by atoms with Gasteiger partial charge < -0.3 is 4.90 Å². The molecule has 5 nitrogen and oxygen atoms in total. The highest BCUT2D eigenvalue weighted by molar-refractivity contribution is 5.79. The standard InChI is InChI=1S/C15H18N4O/c1-18-10-12(9-17-18)8-15(20)19-7-5-13(11-19)14-4-2-3-6-16-14/h2-4,6,9-10,13H,5,7-8,11H2,1H3. The molecule has 5 heteroatoms. The molecule has 2 aromatic heterocycles. The number of amides is 1. The Labute approximate surface area is 118 Å². The van der Waals surface area contributed by atoms with E-state index in [-0.39, 0.29) is 5.91 Å². The van der Waals surface area contributed by atoms with Crippen LogP contribution in [0.5, 0.6) is 0 Å². The lowest BCUT2D eigenvalue weighted by molar-refractivity contribution is -0.129. The highest BCUT2D eigenvalue weighted by atomic mass is 16.2. The van der Waals surface area contributed by atoms with Crippen molar-refractivity contribution in [3.63, 3.8) is 0 Å². The van der Waals surface area contributed by atoms with E-state index in [9.17, 15) is 4.79 Å². The number of pyridine rings is 1. The van der Waals surface area contributed by atoms with Crippen molar-refractivity contribution in [2.24, 2.45) is 7.05 Å². The Kier molecular flexibility index (Phi) is 3.50.